The number of anilines is 1. The van der Waals surface area contributed by atoms with Crippen LogP contribution in [0.5, 0.6) is 5.75 Å². The highest BCUT2D eigenvalue weighted by Gasteiger charge is 1.98. The van der Waals surface area contributed by atoms with Gasteiger partial charge in [0.2, 0.25) is 0 Å². The second-order valence-corrected chi connectivity index (χ2v) is 3.06. The molecule has 0 heterocycles. The Labute approximate surface area is 78.1 Å². The average Bonchev–Trinajstić information content (AvgIpc) is 2.03. The van der Waals surface area contributed by atoms with Crippen molar-refractivity contribution in [2.45, 2.75) is 18.2 Å². The van der Waals surface area contributed by atoms with Gasteiger partial charge in [-0.05, 0) is 24.6 Å². The highest BCUT2D eigenvalue weighted by Crippen LogP contribution is 2.24. The van der Waals surface area contributed by atoms with E-state index in [1.807, 2.05) is 12.1 Å². The van der Waals surface area contributed by atoms with Crippen molar-refractivity contribution in [3.63, 3.8) is 0 Å². The maximum Gasteiger partial charge on any atom is 0.132 e. The second-order valence-electron chi connectivity index (χ2n) is 2.58. The quantitative estimate of drug-likeness (QED) is 0.557. The van der Waals surface area contributed by atoms with E-state index in [1.165, 1.54) is 0 Å². The van der Waals surface area contributed by atoms with Gasteiger partial charge in [0.05, 0.1) is 6.61 Å². The third-order valence-electron chi connectivity index (χ3n) is 1.44. The maximum absolute atomic E-state index is 5.55. The Balaban J connectivity index is 2.72. The van der Waals surface area contributed by atoms with Gasteiger partial charge < -0.3 is 10.5 Å². The van der Waals surface area contributed by atoms with Crippen LogP contribution in [0.25, 0.3) is 0 Å². The van der Waals surface area contributed by atoms with Crippen molar-refractivity contribution in [1.29, 1.82) is 0 Å². The number of benzene rings is 1. The zero-order valence-electron chi connectivity index (χ0n) is 7.08. The van der Waals surface area contributed by atoms with Gasteiger partial charge in [-0.2, -0.15) is 0 Å². The van der Waals surface area contributed by atoms with Crippen LogP contribution in [0.15, 0.2) is 23.1 Å². The van der Waals surface area contributed by atoms with Gasteiger partial charge in [0.1, 0.15) is 5.75 Å². The van der Waals surface area contributed by atoms with Crippen LogP contribution in [0, 0.1) is 0 Å². The number of rotatable bonds is 3. The molecule has 0 aliphatic rings. The summed E-state index contributed by atoms with van der Waals surface area (Å²) in [5, 5.41) is 0. The van der Waals surface area contributed by atoms with Crippen molar-refractivity contribution in [1.82, 2.24) is 0 Å². The summed E-state index contributed by atoms with van der Waals surface area (Å²) in [6.45, 7) is 2.78. The van der Waals surface area contributed by atoms with Gasteiger partial charge in [0, 0.05) is 10.6 Å². The van der Waals surface area contributed by atoms with Gasteiger partial charge in [0.15, 0.2) is 0 Å². The van der Waals surface area contributed by atoms with E-state index < -0.39 is 0 Å². The number of nitrogen functional groups attached to an aromatic ring is 1. The minimum Gasteiger partial charge on any atom is -0.492 e. The van der Waals surface area contributed by atoms with Crippen LogP contribution < -0.4 is 10.5 Å². The van der Waals surface area contributed by atoms with E-state index in [9.17, 15) is 0 Å². The molecule has 0 saturated heterocycles. The van der Waals surface area contributed by atoms with Crippen molar-refractivity contribution < 1.29 is 4.74 Å². The van der Waals surface area contributed by atoms with Crippen LogP contribution in [0.2, 0.25) is 0 Å². The number of hydrogen-bond acceptors (Lipinski definition) is 3. The predicted molar refractivity (Wildman–Crippen MR) is 53.9 cm³/mol. The largest absolute Gasteiger partial charge is 0.492 e. The Morgan fingerprint density at radius 2 is 2.25 bits per heavy atom. The highest BCUT2D eigenvalue weighted by atomic mass is 32.1. The first-order valence-electron chi connectivity index (χ1n) is 3.95. The Hall–Kier alpha value is -0.830. The number of hydrogen-bond donors (Lipinski definition) is 2. The van der Waals surface area contributed by atoms with Crippen molar-refractivity contribution in [2.75, 3.05) is 12.3 Å². The molecule has 0 bridgehead atoms. The summed E-state index contributed by atoms with van der Waals surface area (Å²) >= 11 is 4.24. The van der Waals surface area contributed by atoms with Crippen LogP contribution in [-0.2, 0) is 0 Å². The summed E-state index contributed by atoms with van der Waals surface area (Å²) in [6, 6.07) is 5.44. The fourth-order valence-electron chi connectivity index (χ4n) is 0.868. The van der Waals surface area contributed by atoms with E-state index >= 15 is 0 Å². The molecule has 0 fully saturated rings. The molecule has 0 spiro atoms. The molecule has 0 aromatic heterocycles. The lowest BCUT2D eigenvalue weighted by Crippen LogP contribution is -1.96. The average molecular weight is 183 g/mol. The number of ether oxygens (including phenoxy) is 1. The van der Waals surface area contributed by atoms with Crippen LogP contribution in [0.1, 0.15) is 13.3 Å². The van der Waals surface area contributed by atoms with E-state index in [2.05, 4.69) is 19.6 Å². The maximum atomic E-state index is 5.55. The predicted octanol–water partition coefficient (Wildman–Crippen LogP) is 2.35. The topological polar surface area (TPSA) is 35.2 Å². The minimum absolute atomic E-state index is 0.712. The van der Waals surface area contributed by atoms with E-state index in [0.717, 1.165) is 23.7 Å². The van der Waals surface area contributed by atoms with Crippen LogP contribution in [0.3, 0.4) is 0 Å². The fraction of sp³-hybridized carbons (Fsp3) is 0.333. The SMILES string of the molecule is CCCOc1ccc(N)cc1S. The molecule has 1 aromatic rings. The number of thiol groups is 1. The summed E-state index contributed by atoms with van der Waals surface area (Å²) in [7, 11) is 0. The molecule has 0 amide bonds. The molecule has 66 valence electrons. The van der Waals surface area contributed by atoms with Crippen LogP contribution >= 0.6 is 12.6 Å². The summed E-state index contributed by atoms with van der Waals surface area (Å²) in [5.41, 5.74) is 6.26. The fourth-order valence-corrected chi connectivity index (χ4v) is 1.16. The monoisotopic (exact) mass is 183 g/mol. The Kier molecular flexibility index (Phi) is 3.29. The highest BCUT2D eigenvalue weighted by molar-refractivity contribution is 7.80. The second kappa shape index (κ2) is 4.26. The molecule has 2 N–H and O–H groups in total. The normalized spacial score (nSPS) is 9.83. The lowest BCUT2D eigenvalue weighted by Gasteiger charge is -2.07. The zero-order valence-corrected chi connectivity index (χ0v) is 7.97. The number of nitrogens with two attached hydrogens (primary N) is 1. The first-order chi connectivity index (χ1) is 5.74. The third kappa shape index (κ3) is 2.34. The Bertz CT molecular complexity index is 263. The minimum atomic E-state index is 0.712. The summed E-state index contributed by atoms with van der Waals surface area (Å²) in [6.07, 6.45) is 0.998. The molecule has 0 radical (unpaired) electrons. The van der Waals surface area contributed by atoms with E-state index in [4.69, 9.17) is 10.5 Å². The van der Waals surface area contributed by atoms with Crippen LogP contribution in [0.4, 0.5) is 5.69 Å². The van der Waals surface area contributed by atoms with Crippen molar-refractivity contribution in [2.24, 2.45) is 0 Å². The van der Waals surface area contributed by atoms with E-state index in [0.29, 0.717) is 5.69 Å². The van der Waals surface area contributed by atoms with Gasteiger partial charge in [-0.1, -0.05) is 6.92 Å². The van der Waals surface area contributed by atoms with Gasteiger partial charge in [-0.25, -0.2) is 0 Å². The molecule has 0 atom stereocenters. The van der Waals surface area contributed by atoms with Gasteiger partial charge in [-0.15, -0.1) is 12.6 Å². The van der Waals surface area contributed by atoms with Gasteiger partial charge in [-0.3, -0.25) is 0 Å². The summed E-state index contributed by atoms with van der Waals surface area (Å²) in [4.78, 5) is 0.795. The zero-order chi connectivity index (χ0) is 8.97. The molecule has 0 aliphatic carbocycles. The summed E-state index contributed by atoms with van der Waals surface area (Å²) < 4.78 is 5.41. The molecular weight excluding hydrogens is 170 g/mol. The molecule has 0 unspecified atom stereocenters. The van der Waals surface area contributed by atoms with Gasteiger partial charge >= 0.3 is 0 Å². The third-order valence-corrected chi connectivity index (χ3v) is 1.79. The Morgan fingerprint density at radius 1 is 1.50 bits per heavy atom. The van der Waals surface area contributed by atoms with Crippen molar-refractivity contribution in [3.05, 3.63) is 18.2 Å². The molecule has 2 nitrogen and oxygen atoms in total. The molecule has 12 heavy (non-hydrogen) atoms. The van der Waals surface area contributed by atoms with E-state index in [-0.39, 0.29) is 0 Å². The molecule has 0 aliphatic heterocycles. The van der Waals surface area contributed by atoms with Gasteiger partial charge in [0.25, 0.3) is 0 Å². The lowest BCUT2D eigenvalue weighted by molar-refractivity contribution is 0.310. The first kappa shape index (κ1) is 9.26. The first-order valence-corrected chi connectivity index (χ1v) is 4.40. The molecule has 1 rings (SSSR count). The standard InChI is InChI=1S/C9H13NOS/c1-2-5-11-8-4-3-7(10)6-9(8)12/h3-4,6,12H,2,5,10H2,1H3. The molecular formula is C9H13NOS. The smallest absolute Gasteiger partial charge is 0.132 e. The van der Waals surface area contributed by atoms with E-state index in [1.54, 1.807) is 6.07 Å². The van der Waals surface area contributed by atoms with Crippen molar-refractivity contribution in [3.8, 4) is 5.75 Å². The summed E-state index contributed by atoms with van der Waals surface area (Å²) in [5.74, 6) is 0.800. The molecule has 0 saturated carbocycles. The van der Waals surface area contributed by atoms with Crippen LogP contribution in [-0.4, -0.2) is 6.61 Å². The lowest BCUT2D eigenvalue weighted by atomic mass is 10.3. The molecule has 1 aromatic carbocycles. The Morgan fingerprint density at radius 3 is 2.83 bits per heavy atom. The molecule has 3 heteroatoms. The van der Waals surface area contributed by atoms with Crippen molar-refractivity contribution >= 4 is 18.3 Å².